The summed E-state index contributed by atoms with van der Waals surface area (Å²) < 4.78 is 10.8. The highest BCUT2D eigenvalue weighted by atomic mass is 35.5. The number of fused-ring (bicyclic) bond motifs is 1. The summed E-state index contributed by atoms with van der Waals surface area (Å²) in [5.74, 6) is 1.11. The van der Waals surface area contributed by atoms with Crippen LogP contribution in [0.1, 0.15) is 31.2 Å². The minimum Gasteiger partial charge on any atom is -0.486 e. The van der Waals surface area contributed by atoms with Crippen molar-refractivity contribution in [2.24, 2.45) is 5.41 Å². The molecule has 1 aromatic carbocycles. The van der Waals surface area contributed by atoms with Gasteiger partial charge in [-0.25, -0.2) is 0 Å². The van der Waals surface area contributed by atoms with Crippen molar-refractivity contribution in [2.45, 2.75) is 32.9 Å². The molecule has 4 rings (SSSR count). The maximum absolute atomic E-state index is 12.1. The molecular formula is C20H21ClN4O3. The van der Waals surface area contributed by atoms with Crippen LogP contribution >= 0.6 is 11.6 Å². The Morgan fingerprint density at radius 2 is 2.11 bits per heavy atom. The molecule has 1 aliphatic rings. The van der Waals surface area contributed by atoms with Crippen molar-refractivity contribution in [3.8, 4) is 11.6 Å². The van der Waals surface area contributed by atoms with Crippen molar-refractivity contribution in [3.63, 3.8) is 0 Å². The Hall–Kier alpha value is -2.80. The van der Waals surface area contributed by atoms with Gasteiger partial charge >= 0.3 is 0 Å². The lowest BCUT2D eigenvalue weighted by molar-refractivity contribution is -0.125. The van der Waals surface area contributed by atoms with E-state index in [1.54, 1.807) is 12.1 Å². The van der Waals surface area contributed by atoms with Gasteiger partial charge < -0.3 is 19.8 Å². The molecule has 0 aliphatic heterocycles. The van der Waals surface area contributed by atoms with Crippen LogP contribution in [0.3, 0.4) is 0 Å². The van der Waals surface area contributed by atoms with E-state index in [9.17, 15) is 4.79 Å². The molecule has 1 aliphatic carbocycles. The summed E-state index contributed by atoms with van der Waals surface area (Å²) >= 11 is 6.36. The zero-order chi connectivity index (χ0) is 19.7. The molecular weight excluding hydrogens is 380 g/mol. The Balaban J connectivity index is 1.43. The Morgan fingerprint density at radius 3 is 2.79 bits per heavy atom. The minimum atomic E-state index is -0.180. The monoisotopic (exact) mass is 400 g/mol. The SMILES string of the molecule is COc1ccc(COc2cc3[nH]c(CNC(=O)C4(C)CC4)cc3cc2Cl)nn1. The van der Waals surface area contributed by atoms with Crippen LogP contribution in [0.4, 0.5) is 0 Å². The van der Waals surface area contributed by atoms with E-state index in [2.05, 4.69) is 20.5 Å². The number of hydrogen-bond donors (Lipinski definition) is 2. The predicted molar refractivity (Wildman–Crippen MR) is 105 cm³/mol. The van der Waals surface area contributed by atoms with Gasteiger partial charge in [-0.05, 0) is 31.0 Å². The summed E-state index contributed by atoms with van der Waals surface area (Å²) in [5.41, 5.74) is 2.30. The maximum atomic E-state index is 12.1. The van der Waals surface area contributed by atoms with E-state index < -0.39 is 0 Å². The summed E-state index contributed by atoms with van der Waals surface area (Å²) in [6, 6.07) is 9.19. The van der Waals surface area contributed by atoms with Crippen LogP contribution in [0.2, 0.25) is 5.02 Å². The van der Waals surface area contributed by atoms with E-state index in [1.165, 1.54) is 7.11 Å². The molecule has 2 aromatic heterocycles. The van der Waals surface area contributed by atoms with Crippen molar-refractivity contribution in [1.82, 2.24) is 20.5 Å². The lowest BCUT2D eigenvalue weighted by Crippen LogP contribution is -2.29. The number of carbonyl (C=O) groups excluding carboxylic acids is 1. The zero-order valence-electron chi connectivity index (χ0n) is 15.7. The summed E-state index contributed by atoms with van der Waals surface area (Å²) in [6.07, 6.45) is 1.92. The first-order valence-electron chi connectivity index (χ1n) is 9.06. The molecule has 0 spiro atoms. The fourth-order valence-electron chi connectivity index (χ4n) is 2.89. The zero-order valence-corrected chi connectivity index (χ0v) is 16.5. The highest BCUT2D eigenvalue weighted by Crippen LogP contribution is 2.45. The number of carbonyl (C=O) groups is 1. The number of methoxy groups -OCH3 is 1. The predicted octanol–water partition coefficient (Wildman–Crippen LogP) is 3.62. The molecule has 7 nitrogen and oxygen atoms in total. The topological polar surface area (TPSA) is 89.1 Å². The number of halogens is 1. The molecule has 28 heavy (non-hydrogen) atoms. The Kier molecular flexibility index (Phi) is 4.85. The quantitative estimate of drug-likeness (QED) is 0.632. The summed E-state index contributed by atoms with van der Waals surface area (Å²) in [5, 5.41) is 12.4. The number of aromatic amines is 1. The van der Waals surface area contributed by atoms with E-state index in [4.69, 9.17) is 21.1 Å². The molecule has 0 unspecified atom stereocenters. The number of benzene rings is 1. The molecule has 0 bridgehead atoms. The standard InChI is InChI=1S/C20H21ClN4O3/c1-20(5-6-20)19(26)22-10-14-7-12-8-15(21)17(9-16(12)23-14)28-11-13-3-4-18(27-2)25-24-13/h3-4,7-9,23H,5-6,10-11H2,1-2H3,(H,22,26). The smallest absolute Gasteiger partial charge is 0.233 e. The molecule has 3 aromatic rings. The fourth-order valence-corrected chi connectivity index (χ4v) is 3.11. The highest BCUT2D eigenvalue weighted by molar-refractivity contribution is 6.32. The maximum Gasteiger partial charge on any atom is 0.233 e. The number of aromatic nitrogens is 3. The molecule has 1 saturated carbocycles. The van der Waals surface area contributed by atoms with Gasteiger partial charge in [0.1, 0.15) is 18.1 Å². The molecule has 146 valence electrons. The van der Waals surface area contributed by atoms with Gasteiger partial charge in [-0.3, -0.25) is 4.79 Å². The van der Waals surface area contributed by atoms with E-state index in [1.807, 2.05) is 25.1 Å². The molecule has 1 fully saturated rings. The first-order chi connectivity index (χ1) is 13.5. The number of ether oxygens (including phenoxy) is 2. The molecule has 2 N–H and O–H groups in total. The lowest BCUT2D eigenvalue weighted by atomic mass is 10.1. The molecule has 0 saturated heterocycles. The molecule has 0 radical (unpaired) electrons. The average molecular weight is 401 g/mol. The third-order valence-electron chi connectivity index (χ3n) is 5.00. The second kappa shape index (κ2) is 7.31. The van der Waals surface area contributed by atoms with Gasteiger partial charge in [0.15, 0.2) is 0 Å². The number of rotatable bonds is 7. The molecule has 0 atom stereocenters. The van der Waals surface area contributed by atoms with Crippen LogP contribution in [0.25, 0.3) is 10.9 Å². The Labute approximate surface area is 167 Å². The largest absolute Gasteiger partial charge is 0.486 e. The van der Waals surface area contributed by atoms with Crippen LogP contribution in [-0.4, -0.2) is 28.2 Å². The van der Waals surface area contributed by atoms with E-state index in [0.29, 0.717) is 28.9 Å². The van der Waals surface area contributed by atoms with Gasteiger partial charge in [-0.1, -0.05) is 18.5 Å². The van der Waals surface area contributed by atoms with E-state index in [-0.39, 0.29) is 17.9 Å². The molecule has 1 amide bonds. The van der Waals surface area contributed by atoms with Crippen molar-refractivity contribution < 1.29 is 14.3 Å². The Bertz CT molecular complexity index is 1010. The van der Waals surface area contributed by atoms with Crippen LogP contribution in [0.15, 0.2) is 30.3 Å². The van der Waals surface area contributed by atoms with Crippen molar-refractivity contribution in [3.05, 3.63) is 46.7 Å². The van der Waals surface area contributed by atoms with E-state index >= 15 is 0 Å². The Morgan fingerprint density at radius 1 is 1.29 bits per heavy atom. The summed E-state index contributed by atoms with van der Waals surface area (Å²) in [4.78, 5) is 15.4. The van der Waals surface area contributed by atoms with Gasteiger partial charge in [0, 0.05) is 34.1 Å². The molecule has 2 heterocycles. The lowest BCUT2D eigenvalue weighted by Gasteiger charge is -2.08. The van der Waals surface area contributed by atoms with Crippen LogP contribution in [0.5, 0.6) is 11.6 Å². The van der Waals surface area contributed by atoms with Gasteiger partial charge in [0.25, 0.3) is 0 Å². The first kappa shape index (κ1) is 18.6. The van der Waals surface area contributed by atoms with Crippen molar-refractivity contribution in [2.75, 3.05) is 7.11 Å². The van der Waals surface area contributed by atoms with Crippen molar-refractivity contribution >= 4 is 28.4 Å². The highest BCUT2D eigenvalue weighted by Gasteiger charge is 2.44. The van der Waals surface area contributed by atoms with Gasteiger partial charge in [-0.2, -0.15) is 0 Å². The minimum absolute atomic E-state index is 0.105. The number of nitrogens with zero attached hydrogens (tertiary/aromatic N) is 2. The van der Waals surface area contributed by atoms with E-state index in [0.717, 1.165) is 29.4 Å². The number of H-pyrrole nitrogens is 1. The van der Waals surface area contributed by atoms with Crippen LogP contribution in [0, 0.1) is 5.41 Å². The van der Waals surface area contributed by atoms with Gasteiger partial charge in [-0.15, -0.1) is 10.2 Å². The second-order valence-electron chi connectivity index (χ2n) is 7.26. The van der Waals surface area contributed by atoms with Gasteiger partial charge in [0.2, 0.25) is 11.8 Å². The molecule has 8 heteroatoms. The van der Waals surface area contributed by atoms with Gasteiger partial charge in [0.05, 0.1) is 18.7 Å². The first-order valence-corrected chi connectivity index (χ1v) is 9.43. The average Bonchev–Trinajstić information content (AvgIpc) is 3.33. The normalized spacial score (nSPS) is 14.7. The number of nitrogens with one attached hydrogen (secondary N) is 2. The third kappa shape index (κ3) is 3.89. The van der Waals surface area contributed by atoms with Crippen LogP contribution in [-0.2, 0) is 17.9 Å². The number of amides is 1. The number of hydrogen-bond acceptors (Lipinski definition) is 5. The third-order valence-corrected chi connectivity index (χ3v) is 5.29. The summed E-state index contributed by atoms with van der Waals surface area (Å²) in [7, 11) is 1.54. The summed E-state index contributed by atoms with van der Waals surface area (Å²) in [6.45, 7) is 2.69. The van der Waals surface area contributed by atoms with Crippen LogP contribution < -0.4 is 14.8 Å². The fraction of sp³-hybridized carbons (Fsp3) is 0.350. The van der Waals surface area contributed by atoms with Crippen molar-refractivity contribution in [1.29, 1.82) is 0 Å². The second-order valence-corrected chi connectivity index (χ2v) is 7.67.